The van der Waals surface area contributed by atoms with Crippen LogP contribution in [-0.4, -0.2) is 67.6 Å². The molecule has 3 aliphatic rings. The minimum absolute atomic E-state index is 0.184. The van der Waals surface area contributed by atoms with E-state index in [1.807, 2.05) is 52.8 Å². The lowest BCUT2D eigenvalue weighted by atomic mass is 9.66. The predicted molar refractivity (Wildman–Crippen MR) is 142 cm³/mol. The summed E-state index contributed by atoms with van der Waals surface area (Å²) < 4.78 is -1.44. The van der Waals surface area contributed by atoms with Crippen LogP contribution in [-0.2, 0) is 14.4 Å². The molecule has 3 aliphatic heterocycles. The molecule has 7 nitrogen and oxygen atoms in total. The number of thioether (sulfide) groups is 1. The highest BCUT2D eigenvalue weighted by Gasteiger charge is 2.78. The molecule has 2 N–H and O–H groups in total. The second kappa shape index (κ2) is 9.53. The fourth-order valence-electron chi connectivity index (χ4n) is 6.83. The number of carbonyl (C=O) groups excluding carboxylic acids is 2. The van der Waals surface area contributed by atoms with Crippen molar-refractivity contribution in [2.75, 3.05) is 18.1 Å². The number of aliphatic carboxylic acids is 1. The quantitative estimate of drug-likeness (QED) is 0.487. The van der Waals surface area contributed by atoms with Crippen molar-refractivity contribution in [2.45, 2.75) is 75.5 Å². The molecule has 196 valence electrons. The summed E-state index contributed by atoms with van der Waals surface area (Å²) in [4.78, 5) is 44.5. The van der Waals surface area contributed by atoms with Gasteiger partial charge in [0.25, 0.3) is 5.91 Å². The van der Waals surface area contributed by atoms with E-state index in [-0.39, 0.29) is 30.9 Å². The molecule has 8 heteroatoms. The Kier molecular flexibility index (Phi) is 7.07. The van der Waals surface area contributed by atoms with Crippen molar-refractivity contribution in [3.05, 3.63) is 42.0 Å². The van der Waals surface area contributed by atoms with Crippen LogP contribution in [0.2, 0.25) is 0 Å². The van der Waals surface area contributed by atoms with Crippen molar-refractivity contribution in [3.8, 4) is 0 Å². The summed E-state index contributed by atoms with van der Waals surface area (Å²) in [5.74, 6) is -3.00. The average molecular weight is 515 g/mol. The maximum atomic E-state index is 14.6. The van der Waals surface area contributed by atoms with Crippen LogP contribution < -0.4 is 4.90 Å². The number of amides is 2. The molecule has 3 saturated heterocycles. The van der Waals surface area contributed by atoms with Crippen molar-refractivity contribution in [3.63, 3.8) is 0 Å². The zero-order chi connectivity index (χ0) is 26.6. The third-order valence-electron chi connectivity index (χ3n) is 8.30. The van der Waals surface area contributed by atoms with Gasteiger partial charge in [-0.25, -0.2) is 0 Å². The summed E-state index contributed by atoms with van der Waals surface area (Å²) in [5.41, 5.74) is 2.70. The SMILES string of the molecule is C=CCN(C(=O)C1N([C@@H](CO)CC(C)C)C(=O)[C@@H]2[C@H](C(=O)O)[C@]3(C)CCC12S3)c1cc(C)ccc1C. The minimum atomic E-state index is -0.986. The highest BCUT2D eigenvalue weighted by Crippen LogP contribution is 2.71. The summed E-state index contributed by atoms with van der Waals surface area (Å²) >= 11 is 1.52. The van der Waals surface area contributed by atoms with E-state index in [1.54, 1.807) is 15.9 Å². The van der Waals surface area contributed by atoms with E-state index < -0.39 is 39.4 Å². The summed E-state index contributed by atoms with van der Waals surface area (Å²) in [7, 11) is 0. The van der Waals surface area contributed by atoms with Crippen molar-refractivity contribution >= 4 is 35.2 Å². The monoisotopic (exact) mass is 514 g/mol. The van der Waals surface area contributed by atoms with Gasteiger partial charge < -0.3 is 20.0 Å². The Morgan fingerprint density at radius 1 is 1.31 bits per heavy atom. The molecule has 3 fully saturated rings. The van der Waals surface area contributed by atoms with E-state index in [4.69, 9.17) is 0 Å². The number of aliphatic hydroxyl groups is 1. The topological polar surface area (TPSA) is 98.2 Å². The third-order valence-corrected chi connectivity index (χ3v) is 10.3. The third kappa shape index (κ3) is 3.97. The maximum Gasteiger partial charge on any atom is 0.308 e. The Bertz CT molecular complexity index is 1090. The molecule has 2 unspecified atom stereocenters. The largest absolute Gasteiger partial charge is 0.481 e. The summed E-state index contributed by atoms with van der Waals surface area (Å²) in [6.45, 7) is 13.7. The van der Waals surface area contributed by atoms with Gasteiger partial charge in [0.15, 0.2) is 0 Å². The summed E-state index contributed by atoms with van der Waals surface area (Å²) in [6, 6.07) is 4.51. The van der Waals surface area contributed by atoms with Crippen LogP contribution in [0.3, 0.4) is 0 Å². The lowest BCUT2D eigenvalue weighted by molar-refractivity contribution is -0.150. The zero-order valence-electron chi connectivity index (χ0n) is 21.9. The molecule has 4 rings (SSSR count). The minimum Gasteiger partial charge on any atom is -0.481 e. The number of anilines is 1. The Morgan fingerprint density at radius 2 is 2.00 bits per heavy atom. The molecule has 3 heterocycles. The Labute approximate surface area is 217 Å². The Balaban J connectivity index is 1.88. The molecular weight excluding hydrogens is 476 g/mol. The van der Waals surface area contributed by atoms with Gasteiger partial charge in [-0.3, -0.25) is 14.4 Å². The summed E-state index contributed by atoms with van der Waals surface area (Å²) in [5, 5.41) is 20.6. The number of nitrogens with zero attached hydrogens (tertiary/aromatic N) is 2. The Morgan fingerprint density at radius 3 is 2.58 bits per heavy atom. The number of carboxylic acid groups (broad SMARTS) is 1. The second-order valence-corrected chi connectivity index (χ2v) is 13.2. The van der Waals surface area contributed by atoms with Gasteiger partial charge in [-0.1, -0.05) is 32.1 Å². The number of aryl methyl sites for hydroxylation is 2. The van der Waals surface area contributed by atoms with Gasteiger partial charge in [-0.05, 0) is 63.1 Å². The number of hydrogen-bond acceptors (Lipinski definition) is 5. The normalized spacial score (nSPS) is 31.6. The van der Waals surface area contributed by atoms with Crippen LogP contribution in [0.25, 0.3) is 0 Å². The first-order valence-corrected chi connectivity index (χ1v) is 13.6. The van der Waals surface area contributed by atoms with Gasteiger partial charge in [-0.2, -0.15) is 0 Å². The Hall–Kier alpha value is -2.32. The highest BCUT2D eigenvalue weighted by atomic mass is 32.2. The molecule has 2 bridgehead atoms. The van der Waals surface area contributed by atoms with Gasteiger partial charge in [-0.15, -0.1) is 18.3 Å². The van der Waals surface area contributed by atoms with Crippen molar-refractivity contribution in [1.82, 2.24) is 4.90 Å². The van der Waals surface area contributed by atoms with Crippen LogP contribution in [0.15, 0.2) is 30.9 Å². The number of likely N-dealkylation sites (tertiary alicyclic amines) is 1. The molecule has 0 saturated carbocycles. The number of carbonyl (C=O) groups is 3. The fourth-order valence-corrected chi connectivity index (χ4v) is 9.16. The predicted octanol–water partition coefficient (Wildman–Crippen LogP) is 3.80. The van der Waals surface area contributed by atoms with E-state index in [2.05, 4.69) is 6.58 Å². The van der Waals surface area contributed by atoms with Gasteiger partial charge in [0.1, 0.15) is 6.04 Å². The first-order chi connectivity index (χ1) is 16.9. The first-order valence-electron chi connectivity index (χ1n) is 12.8. The van der Waals surface area contributed by atoms with Crippen LogP contribution in [0.4, 0.5) is 5.69 Å². The number of fused-ring (bicyclic) bond motifs is 1. The second-order valence-electron chi connectivity index (χ2n) is 11.3. The van der Waals surface area contributed by atoms with Crippen molar-refractivity contribution < 1.29 is 24.6 Å². The molecule has 1 aromatic carbocycles. The van der Waals surface area contributed by atoms with E-state index in [1.165, 1.54) is 11.8 Å². The molecule has 0 aromatic heterocycles. The molecular formula is C28H38N2O5S. The molecule has 1 spiro atoms. The van der Waals surface area contributed by atoms with Gasteiger partial charge >= 0.3 is 5.97 Å². The molecule has 2 amide bonds. The van der Waals surface area contributed by atoms with E-state index in [0.717, 1.165) is 16.8 Å². The fraction of sp³-hybridized carbons (Fsp3) is 0.607. The number of aliphatic hydroxyl groups excluding tert-OH is 1. The standard InChI is InChI=1S/C28H38N2O5S/c1-7-12-29(20-14-17(4)8-9-18(20)5)25(33)23-28-11-10-27(6,36-28)22(26(34)35)21(28)24(32)30(23)19(15-31)13-16(2)3/h7-9,14,16,19,21-23,31H,1,10-13,15H2,2-6H3,(H,34,35)/t19-,21+,22-,23?,27+,28?/m1/s1. The van der Waals surface area contributed by atoms with E-state index in [0.29, 0.717) is 19.3 Å². The number of rotatable bonds is 9. The molecule has 6 atom stereocenters. The van der Waals surface area contributed by atoms with E-state index >= 15 is 0 Å². The average Bonchev–Trinajstić information content (AvgIpc) is 3.38. The molecule has 0 radical (unpaired) electrons. The number of carboxylic acids is 1. The highest BCUT2D eigenvalue weighted by molar-refractivity contribution is 8.02. The van der Waals surface area contributed by atoms with Crippen LogP contribution in [0, 0.1) is 31.6 Å². The van der Waals surface area contributed by atoms with Gasteiger partial charge in [0.2, 0.25) is 5.91 Å². The van der Waals surface area contributed by atoms with Gasteiger partial charge in [0, 0.05) is 17.0 Å². The van der Waals surface area contributed by atoms with Crippen LogP contribution in [0.5, 0.6) is 0 Å². The smallest absolute Gasteiger partial charge is 0.308 e. The van der Waals surface area contributed by atoms with Crippen molar-refractivity contribution in [2.24, 2.45) is 17.8 Å². The summed E-state index contributed by atoms with van der Waals surface area (Å²) in [6.07, 6.45) is 3.43. The van der Waals surface area contributed by atoms with Crippen LogP contribution >= 0.6 is 11.8 Å². The van der Waals surface area contributed by atoms with Crippen molar-refractivity contribution in [1.29, 1.82) is 0 Å². The number of benzene rings is 1. The van der Waals surface area contributed by atoms with E-state index in [9.17, 15) is 24.6 Å². The number of hydrogen-bond donors (Lipinski definition) is 2. The zero-order valence-corrected chi connectivity index (χ0v) is 22.7. The maximum absolute atomic E-state index is 14.6. The lowest BCUT2D eigenvalue weighted by Gasteiger charge is -2.40. The van der Waals surface area contributed by atoms with Gasteiger partial charge in [0.05, 0.1) is 29.2 Å². The molecule has 0 aliphatic carbocycles. The van der Waals surface area contributed by atoms with Crippen LogP contribution in [0.1, 0.15) is 51.2 Å². The lowest BCUT2D eigenvalue weighted by Crippen LogP contribution is -2.58. The molecule has 36 heavy (non-hydrogen) atoms. The molecule has 1 aromatic rings. The first kappa shape index (κ1) is 26.7.